The molecule has 0 aromatic carbocycles. The molecule has 0 saturated heterocycles. The Balaban J connectivity index is 5.55. The molecule has 0 aliphatic rings. The smallest absolute Gasteiger partial charge is 0.326 e. The predicted octanol–water partition coefficient (Wildman–Crippen LogP) is -2.59. The first kappa shape index (κ1) is 30.7. The molecule has 4 amide bonds. The van der Waals surface area contributed by atoms with Gasteiger partial charge < -0.3 is 42.7 Å². The maximum absolute atomic E-state index is 12.7. The van der Waals surface area contributed by atoms with Crippen LogP contribution in [0.25, 0.3) is 0 Å². The van der Waals surface area contributed by atoms with E-state index in [0.717, 1.165) is 0 Å². The highest BCUT2D eigenvalue weighted by Gasteiger charge is 2.33. The topological polar surface area (TPSA) is 251 Å². The number of carbonyl (C=O) groups is 6. The second kappa shape index (κ2) is 14.8. The number of aliphatic carboxylic acids is 2. The Morgan fingerprint density at radius 3 is 1.79 bits per heavy atom. The lowest BCUT2D eigenvalue weighted by molar-refractivity contribution is -0.143. The van der Waals surface area contributed by atoms with Crippen LogP contribution < -0.4 is 27.4 Å². The van der Waals surface area contributed by atoms with Gasteiger partial charge in [0.15, 0.2) is 0 Å². The van der Waals surface area contributed by atoms with E-state index in [9.17, 15) is 39.0 Å². The van der Waals surface area contributed by atoms with E-state index in [0.29, 0.717) is 6.42 Å². The maximum atomic E-state index is 12.7. The monoisotopic (exact) mass is 489 g/mol. The fraction of sp³-hybridized carbons (Fsp3) is 0.700. The second-order valence-electron chi connectivity index (χ2n) is 8.04. The van der Waals surface area contributed by atoms with Crippen LogP contribution in [0.4, 0.5) is 0 Å². The molecule has 0 bridgehead atoms. The molecule has 0 aliphatic heterocycles. The Hall–Kier alpha value is -3.26. The van der Waals surface area contributed by atoms with Gasteiger partial charge in [-0.2, -0.15) is 0 Å². The summed E-state index contributed by atoms with van der Waals surface area (Å²) >= 11 is 0. The van der Waals surface area contributed by atoms with Gasteiger partial charge >= 0.3 is 11.9 Å². The molecule has 0 heterocycles. The number of aliphatic hydroxyl groups excluding tert-OH is 1. The Bertz CT molecular complexity index is 759. The van der Waals surface area contributed by atoms with Crippen LogP contribution >= 0.6 is 0 Å². The van der Waals surface area contributed by atoms with Crippen LogP contribution in [0, 0.1) is 5.92 Å². The van der Waals surface area contributed by atoms with E-state index in [1.165, 1.54) is 6.92 Å². The number of carboxylic acid groups (broad SMARTS) is 2. The number of hydrogen-bond acceptors (Lipinski definition) is 8. The van der Waals surface area contributed by atoms with Crippen molar-refractivity contribution in [2.75, 3.05) is 0 Å². The summed E-state index contributed by atoms with van der Waals surface area (Å²) in [5, 5.41) is 34.9. The van der Waals surface area contributed by atoms with Gasteiger partial charge in [0.25, 0.3) is 0 Å². The van der Waals surface area contributed by atoms with Gasteiger partial charge in [-0.15, -0.1) is 0 Å². The van der Waals surface area contributed by atoms with Crippen molar-refractivity contribution in [2.45, 2.75) is 83.1 Å². The van der Waals surface area contributed by atoms with Crippen LogP contribution in [0.5, 0.6) is 0 Å². The largest absolute Gasteiger partial charge is 0.481 e. The molecule has 14 nitrogen and oxygen atoms in total. The molecule has 34 heavy (non-hydrogen) atoms. The number of aliphatic hydroxyl groups is 1. The Labute approximate surface area is 196 Å². The number of hydrogen-bond donors (Lipinski definition) is 8. The van der Waals surface area contributed by atoms with E-state index >= 15 is 0 Å². The zero-order chi connectivity index (χ0) is 26.6. The molecule has 6 atom stereocenters. The third-order valence-electron chi connectivity index (χ3n) is 5.20. The Kier molecular flexibility index (Phi) is 13.4. The summed E-state index contributed by atoms with van der Waals surface area (Å²) < 4.78 is 0. The van der Waals surface area contributed by atoms with Gasteiger partial charge in [0.1, 0.15) is 18.1 Å². The Morgan fingerprint density at radius 1 is 0.824 bits per heavy atom. The minimum atomic E-state index is -1.52. The van der Waals surface area contributed by atoms with Gasteiger partial charge in [-0.3, -0.25) is 24.0 Å². The number of amides is 4. The highest BCUT2D eigenvalue weighted by atomic mass is 16.4. The molecule has 194 valence electrons. The van der Waals surface area contributed by atoms with Gasteiger partial charge in [0, 0.05) is 12.8 Å². The molecular weight excluding hydrogens is 454 g/mol. The minimum absolute atomic E-state index is 0.222. The van der Waals surface area contributed by atoms with Crippen LogP contribution in [0.3, 0.4) is 0 Å². The van der Waals surface area contributed by atoms with Gasteiger partial charge in [-0.25, -0.2) is 4.79 Å². The molecular formula is C20H35N5O9. The molecule has 14 heteroatoms. The number of carboxylic acids is 2. The summed E-state index contributed by atoms with van der Waals surface area (Å²) in [6.07, 6.45) is -2.45. The molecule has 0 aliphatic carbocycles. The lowest BCUT2D eigenvalue weighted by Crippen LogP contribution is -2.60. The van der Waals surface area contributed by atoms with Crippen LogP contribution in [-0.2, 0) is 28.8 Å². The van der Waals surface area contributed by atoms with Crippen LogP contribution in [0.1, 0.15) is 52.9 Å². The summed E-state index contributed by atoms with van der Waals surface area (Å²) in [7, 11) is 0. The van der Waals surface area contributed by atoms with Crippen molar-refractivity contribution in [1.29, 1.82) is 0 Å². The van der Waals surface area contributed by atoms with Gasteiger partial charge in [0.05, 0.1) is 12.1 Å². The highest BCUT2D eigenvalue weighted by Crippen LogP contribution is 2.07. The number of nitrogens with two attached hydrogens (primary N) is 2. The molecule has 0 rings (SSSR count). The zero-order valence-electron chi connectivity index (χ0n) is 19.4. The summed E-state index contributed by atoms with van der Waals surface area (Å²) in [5.74, 6) is -6.50. The van der Waals surface area contributed by atoms with Crippen molar-refractivity contribution < 1.29 is 44.1 Å². The first-order chi connectivity index (χ1) is 15.7. The molecule has 10 N–H and O–H groups in total. The fourth-order valence-electron chi connectivity index (χ4n) is 2.78. The van der Waals surface area contributed by atoms with E-state index < -0.39 is 78.7 Å². The molecule has 0 fully saturated rings. The van der Waals surface area contributed by atoms with Crippen LogP contribution in [0.2, 0.25) is 0 Å². The molecule has 6 unspecified atom stereocenters. The van der Waals surface area contributed by atoms with Crippen molar-refractivity contribution in [2.24, 2.45) is 17.4 Å². The predicted molar refractivity (Wildman–Crippen MR) is 118 cm³/mol. The van der Waals surface area contributed by atoms with E-state index in [2.05, 4.69) is 16.0 Å². The number of primary amides is 1. The second-order valence-corrected chi connectivity index (χ2v) is 8.04. The van der Waals surface area contributed by atoms with Crippen molar-refractivity contribution in [3.05, 3.63) is 0 Å². The summed E-state index contributed by atoms with van der Waals surface area (Å²) in [5.41, 5.74) is 10.8. The lowest BCUT2D eigenvalue weighted by atomic mass is 9.98. The van der Waals surface area contributed by atoms with E-state index in [1.54, 1.807) is 6.92 Å². The van der Waals surface area contributed by atoms with Crippen molar-refractivity contribution in [3.63, 3.8) is 0 Å². The zero-order valence-corrected chi connectivity index (χ0v) is 19.4. The molecule has 0 aromatic heterocycles. The van der Waals surface area contributed by atoms with Crippen molar-refractivity contribution >= 4 is 35.6 Å². The third-order valence-corrected chi connectivity index (χ3v) is 5.20. The van der Waals surface area contributed by atoms with E-state index in [4.69, 9.17) is 16.6 Å². The van der Waals surface area contributed by atoms with E-state index in [1.807, 2.05) is 6.92 Å². The Morgan fingerprint density at radius 2 is 1.35 bits per heavy atom. The fourth-order valence-corrected chi connectivity index (χ4v) is 2.78. The van der Waals surface area contributed by atoms with Gasteiger partial charge in [-0.1, -0.05) is 20.3 Å². The van der Waals surface area contributed by atoms with Crippen LogP contribution in [-0.4, -0.2) is 81.2 Å². The molecule has 0 radical (unpaired) electrons. The molecule has 0 aromatic rings. The summed E-state index contributed by atoms with van der Waals surface area (Å²) in [6.45, 7) is 4.76. The van der Waals surface area contributed by atoms with Crippen LogP contribution in [0.15, 0.2) is 0 Å². The van der Waals surface area contributed by atoms with Gasteiger partial charge in [0.2, 0.25) is 23.6 Å². The summed E-state index contributed by atoms with van der Waals surface area (Å²) in [4.78, 5) is 71.0. The average molecular weight is 490 g/mol. The van der Waals surface area contributed by atoms with E-state index in [-0.39, 0.29) is 18.8 Å². The number of nitrogens with one attached hydrogen (secondary N) is 3. The third kappa shape index (κ3) is 11.0. The molecule has 0 saturated carbocycles. The van der Waals surface area contributed by atoms with Crippen molar-refractivity contribution in [1.82, 2.24) is 16.0 Å². The first-order valence-corrected chi connectivity index (χ1v) is 10.8. The molecule has 0 spiro atoms. The SMILES string of the molecule is CCC(C)C(N)C(=O)NC(C(=O)NC(CCC(=O)O)C(=O)NC(CCC(N)=O)C(=O)O)C(C)O. The van der Waals surface area contributed by atoms with Crippen molar-refractivity contribution in [3.8, 4) is 0 Å². The highest BCUT2D eigenvalue weighted by molar-refractivity contribution is 5.94. The maximum Gasteiger partial charge on any atom is 0.326 e. The standard InChI is InChI=1S/C20H35N5O9/c1-4-9(2)15(22)18(31)25-16(10(3)26)19(32)23-11(6-8-14(28)29)17(30)24-12(20(33)34)5-7-13(21)27/h9-12,15-16,26H,4-8,22H2,1-3H3,(H2,21,27)(H,23,32)(H,24,30)(H,25,31)(H,28,29)(H,33,34). The van der Waals surface area contributed by atoms with Gasteiger partial charge in [-0.05, 0) is 25.7 Å². The lowest BCUT2D eigenvalue weighted by Gasteiger charge is -2.27. The quantitative estimate of drug-likeness (QED) is 0.112. The number of rotatable bonds is 16. The normalized spacial score (nSPS) is 16.1. The summed E-state index contributed by atoms with van der Waals surface area (Å²) in [6, 6.07) is -5.52. The average Bonchev–Trinajstić information content (AvgIpc) is 2.75. The number of carbonyl (C=O) groups excluding carboxylic acids is 4. The minimum Gasteiger partial charge on any atom is -0.481 e. The first-order valence-electron chi connectivity index (χ1n) is 10.8.